The zero-order valence-electron chi connectivity index (χ0n) is 13.6. The van der Waals surface area contributed by atoms with E-state index in [1.54, 1.807) is 30.3 Å². The van der Waals surface area contributed by atoms with Crippen molar-refractivity contribution in [2.45, 2.75) is 0 Å². The minimum atomic E-state index is -0.574. The Labute approximate surface area is 139 Å². The Bertz CT molecular complexity index is 774. The van der Waals surface area contributed by atoms with Crippen LogP contribution in [-0.2, 0) is 0 Å². The molecular formula is C17H18N2O5. The number of methoxy groups -OCH3 is 3. The summed E-state index contributed by atoms with van der Waals surface area (Å²) < 4.78 is 15.7. The van der Waals surface area contributed by atoms with Crippen LogP contribution in [0.2, 0.25) is 0 Å². The fraction of sp³-hybridized carbons (Fsp3) is 0.176. The highest BCUT2D eigenvalue weighted by Gasteiger charge is 2.20. The number of hydrogen-bond donors (Lipinski definition) is 2. The van der Waals surface area contributed by atoms with Gasteiger partial charge in [0, 0.05) is 11.3 Å². The third-order valence-electron chi connectivity index (χ3n) is 3.35. The maximum Gasteiger partial charge on any atom is 0.259 e. The van der Waals surface area contributed by atoms with E-state index in [-0.39, 0.29) is 11.3 Å². The highest BCUT2D eigenvalue weighted by atomic mass is 16.5. The van der Waals surface area contributed by atoms with Crippen molar-refractivity contribution in [3.8, 4) is 17.2 Å². The fourth-order valence-corrected chi connectivity index (χ4v) is 2.23. The van der Waals surface area contributed by atoms with Gasteiger partial charge < -0.3 is 25.3 Å². The van der Waals surface area contributed by atoms with E-state index in [1.165, 1.54) is 27.4 Å². The average molecular weight is 330 g/mol. The van der Waals surface area contributed by atoms with Crippen molar-refractivity contribution in [2.24, 2.45) is 5.73 Å². The van der Waals surface area contributed by atoms with E-state index in [2.05, 4.69) is 5.32 Å². The average Bonchev–Trinajstić information content (AvgIpc) is 2.60. The zero-order valence-corrected chi connectivity index (χ0v) is 13.6. The van der Waals surface area contributed by atoms with E-state index in [0.717, 1.165) is 0 Å². The predicted octanol–water partition coefficient (Wildman–Crippen LogP) is 2.06. The van der Waals surface area contributed by atoms with Crippen molar-refractivity contribution in [3.63, 3.8) is 0 Å². The van der Waals surface area contributed by atoms with Crippen molar-refractivity contribution in [1.82, 2.24) is 0 Å². The van der Waals surface area contributed by atoms with Crippen molar-refractivity contribution in [2.75, 3.05) is 26.6 Å². The molecule has 0 bridgehead atoms. The second kappa shape index (κ2) is 7.36. The molecule has 7 heteroatoms. The van der Waals surface area contributed by atoms with E-state index < -0.39 is 11.8 Å². The molecule has 2 aromatic carbocycles. The smallest absolute Gasteiger partial charge is 0.259 e. The number of primary amides is 1. The van der Waals surface area contributed by atoms with E-state index in [9.17, 15) is 9.59 Å². The molecule has 0 aliphatic carbocycles. The summed E-state index contributed by atoms with van der Waals surface area (Å²) in [4.78, 5) is 23.8. The summed E-state index contributed by atoms with van der Waals surface area (Å²) in [5.41, 5.74) is 6.24. The van der Waals surface area contributed by atoms with Crippen LogP contribution < -0.4 is 25.3 Å². The third-order valence-corrected chi connectivity index (χ3v) is 3.35. The van der Waals surface area contributed by atoms with Crippen LogP contribution in [0.3, 0.4) is 0 Å². The number of benzene rings is 2. The molecule has 0 spiro atoms. The minimum Gasteiger partial charge on any atom is -0.493 e. The molecule has 0 heterocycles. The molecule has 0 aromatic heterocycles. The van der Waals surface area contributed by atoms with Crippen LogP contribution in [0.15, 0.2) is 36.4 Å². The Morgan fingerprint density at radius 1 is 0.958 bits per heavy atom. The Morgan fingerprint density at radius 3 is 2.25 bits per heavy atom. The summed E-state index contributed by atoms with van der Waals surface area (Å²) in [6, 6.07) is 9.51. The predicted molar refractivity (Wildman–Crippen MR) is 89.0 cm³/mol. The van der Waals surface area contributed by atoms with Crippen LogP contribution in [0.1, 0.15) is 20.7 Å². The molecule has 2 aromatic rings. The van der Waals surface area contributed by atoms with Crippen LogP contribution in [-0.4, -0.2) is 33.1 Å². The number of rotatable bonds is 6. The van der Waals surface area contributed by atoms with Crippen molar-refractivity contribution >= 4 is 17.5 Å². The van der Waals surface area contributed by atoms with Gasteiger partial charge in [0.25, 0.3) is 5.91 Å². The lowest BCUT2D eigenvalue weighted by Gasteiger charge is -2.15. The summed E-state index contributed by atoms with van der Waals surface area (Å²) in [6.45, 7) is 0. The van der Waals surface area contributed by atoms with Gasteiger partial charge in [-0.15, -0.1) is 0 Å². The number of carbonyl (C=O) groups excluding carboxylic acids is 2. The van der Waals surface area contributed by atoms with Gasteiger partial charge in [-0.2, -0.15) is 0 Å². The van der Waals surface area contributed by atoms with Crippen molar-refractivity contribution < 1.29 is 23.8 Å². The molecule has 0 atom stereocenters. The normalized spacial score (nSPS) is 9.96. The van der Waals surface area contributed by atoms with Gasteiger partial charge >= 0.3 is 0 Å². The summed E-state index contributed by atoms with van der Waals surface area (Å²) in [5, 5.41) is 2.69. The lowest BCUT2D eigenvalue weighted by molar-refractivity contribution is 0.0995. The van der Waals surface area contributed by atoms with Gasteiger partial charge in [-0.1, -0.05) is 6.07 Å². The lowest BCUT2D eigenvalue weighted by Crippen LogP contribution is -2.15. The number of ether oxygens (including phenoxy) is 3. The molecule has 2 amide bonds. The van der Waals surface area contributed by atoms with E-state index in [1.807, 2.05) is 0 Å². The second-order valence-electron chi connectivity index (χ2n) is 4.78. The largest absolute Gasteiger partial charge is 0.493 e. The summed E-state index contributed by atoms with van der Waals surface area (Å²) in [6.07, 6.45) is 0. The molecule has 0 unspecified atom stereocenters. The van der Waals surface area contributed by atoms with Gasteiger partial charge in [-0.05, 0) is 30.3 Å². The van der Waals surface area contributed by atoms with Gasteiger partial charge in [0.1, 0.15) is 0 Å². The molecule has 2 rings (SSSR count). The summed E-state index contributed by atoms with van der Waals surface area (Å²) >= 11 is 0. The molecule has 0 aliphatic heterocycles. The van der Waals surface area contributed by atoms with Gasteiger partial charge in [0.15, 0.2) is 11.5 Å². The zero-order chi connectivity index (χ0) is 17.7. The SMILES string of the molecule is COc1ccc(C(=O)Nc2cccc(C(N)=O)c2)c(OC)c1OC. The van der Waals surface area contributed by atoms with E-state index >= 15 is 0 Å². The van der Waals surface area contributed by atoms with Crippen LogP contribution >= 0.6 is 0 Å². The molecular weight excluding hydrogens is 312 g/mol. The van der Waals surface area contributed by atoms with Crippen LogP contribution in [0.4, 0.5) is 5.69 Å². The van der Waals surface area contributed by atoms with Crippen molar-refractivity contribution in [1.29, 1.82) is 0 Å². The molecule has 0 radical (unpaired) electrons. The lowest BCUT2D eigenvalue weighted by atomic mass is 10.1. The van der Waals surface area contributed by atoms with Gasteiger partial charge in [-0.3, -0.25) is 9.59 Å². The molecule has 3 N–H and O–H groups in total. The van der Waals surface area contributed by atoms with Crippen molar-refractivity contribution in [3.05, 3.63) is 47.5 Å². The molecule has 126 valence electrons. The van der Waals surface area contributed by atoms with Crippen LogP contribution in [0, 0.1) is 0 Å². The Kier molecular flexibility index (Phi) is 5.26. The fourth-order valence-electron chi connectivity index (χ4n) is 2.23. The molecule has 0 saturated carbocycles. The maximum absolute atomic E-state index is 12.5. The number of nitrogens with two attached hydrogens (primary N) is 1. The quantitative estimate of drug-likeness (QED) is 0.844. The first kappa shape index (κ1) is 17.1. The molecule has 7 nitrogen and oxygen atoms in total. The van der Waals surface area contributed by atoms with Crippen LogP contribution in [0.5, 0.6) is 17.2 Å². The van der Waals surface area contributed by atoms with Gasteiger partial charge in [-0.25, -0.2) is 0 Å². The number of amides is 2. The van der Waals surface area contributed by atoms with Gasteiger partial charge in [0.05, 0.1) is 26.9 Å². The topological polar surface area (TPSA) is 99.9 Å². The molecule has 24 heavy (non-hydrogen) atoms. The minimum absolute atomic E-state index is 0.250. The van der Waals surface area contributed by atoms with Crippen LogP contribution in [0.25, 0.3) is 0 Å². The Morgan fingerprint density at radius 2 is 1.67 bits per heavy atom. The highest BCUT2D eigenvalue weighted by molar-refractivity contribution is 6.07. The highest BCUT2D eigenvalue weighted by Crippen LogP contribution is 2.39. The number of hydrogen-bond acceptors (Lipinski definition) is 5. The molecule has 0 fully saturated rings. The first-order valence-electron chi connectivity index (χ1n) is 7.02. The van der Waals surface area contributed by atoms with E-state index in [0.29, 0.717) is 22.7 Å². The third kappa shape index (κ3) is 3.40. The number of carbonyl (C=O) groups is 2. The first-order chi connectivity index (χ1) is 11.5. The monoisotopic (exact) mass is 330 g/mol. The Hall–Kier alpha value is -3.22. The van der Waals surface area contributed by atoms with E-state index in [4.69, 9.17) is 19.9 Å². The molecule has 0 saturated heterocycles. The number of nitrogens with one attached hydrogen (secondary N) is 1. The maximum atomic E-state index is 12.5. The molecule has 0 aliphatic rings. The summed E-state index contributed by atoms with van der Waals surface area (Å²) in [5.74, 6) is 0.0183. The first-order valence-corrected chi connectivity index (χ1v) is 7.02. The standard InChI is InChI=1S/C17H18N2O5/c1-22-13-8-7-12(14(23-2)15(13)24-3)17(21)19-11-6-4-5-10(9-11)16(18)20/h4-9H,1-3H3,(H2,18,20)(H,19,21). The van der Waals surface area contributed by atoms with Gasteiger partial charge in [0.2, 0.25) is 11.7 Å². The Balaban J connectivity index is 2.36. The second-order valence-corrected chi connectivity index (χ2v) is 4.78. The summed E-state index contributed by atoms with van der Waals surface area (Å²) in [7, 11) is 4.38. The number of anilines is 1.